The standard InChI is InChI=1S/C12H12O/c1-8-4-3-5-11-10(8)7-6-9(2)12(11)13/h3-7,10-11H,2H2,1H3. The zero-order valence-electron chi connectivity index (χ0n) is 7.66. The zero-order chi connectivity index (χ0) is 9.42. The molecule has 0 N–H and O–H groups in total. The van der Waals surface area contributed by atoms with Gasteiger partial charge in [-0.2, -0.15) is 0 Å². The fraction of sp³-hybridized carbons (Fsp3) is 0.250. The molecular formula is C12H12O. The molecule has 66 valence electrons. The van der Waals surface area contributed by atoms with Crippen molar-refractivity contribution in [2.24, 2.45) is 11.8 Å². The monoisotopic (exact) mass is 172 g/mol. The van der Waals surface area contributed by atoms with Crippen LogP contribution in [0.5, 0.6) is 0 Å². The Labute approximate surface area is 78.1 Å². The number of carbonyl (C=O) groups is 1. The molecule has 0 saturated heterocycles. The summed E-state index contributed by atoms with van der Waals surface area (Å²) in [6.07, 6.45) is 9.89. The van der Waals surface area contributed by atoms with E-state index in [1.54, 1.807) is 0 Å². The molecule has 2 atom stereocenters. The van der Waals surface area contributed by atoms with Gasteiger partial charge in [0.15, 0.2) is 5.78 Å². The first-order valence-corrected chi connectivity index (χ1v) is 4.46. The van der Waals surface area contributed by atoms with Gasteiger partial charge >= 0.3 is 0 Å². The second kappa shape index (κ2) is 2.84. The van der Waals surface area contributed by atoms with Gasteiger partial charge < -0.3 is 0 Å². The van der Waals surface area contributed by atoms with Gasteiger partial charge in [-0.15, -0.1) is 0 Å². The maximum atomic E-state index is 11.7. The van der Waals surface area contributed by atoms with E-state index in [4.69, 9.17) is 0 Å². The molecule has 2 unspecified atom stereocenters. The summed E-state index contributed by atoms with van der Waals surface area (Å²) >= 11 is 0. The smallest absolute Gasteiger partial charge is 0.170 e. The molecule has 0 aliphatic heterocycles. The molecule has 2 aliphatic rings. The minimum absolute atomic E-state index is 0.00231. The highest BCUT2D eigenvalue weighted by Gasteiger charge is 2.30. The summed E-state index contributed by atoms with van der Waals surface area (Å²) in [7, 11) is 0. The third-order valence-corrected chi connectivity index (χ3v) is 2.71. The van der Waals surface area contributed by atoms with Crippen molar-refractivity contribution in [3.8, 4) is 0 Å². The summed E-state index contributed by atoms with van der Waals surface area (Å²) in [6.45, 7) is 5.78. The van der Waals surface area contributed by atoms with Crippen molar-refractivity contribution in [3.05, 3.63) is 48.1 Å². The van der Waals surface area contributed by atoms with E-state index in [1.165, 1.54) is 5.57 Å². The first kappa shape index (κ1) is 8.24. The topological polar surface area (TPSA) is 17.1 Å². The van der Waals surface area contributed by atoms with Crippen molar-refractivity contribution in [2.45, 2.75) is 6.92 Å². The molecule has 1 heteroatoms. The van der Waals surface area contributed by atoms with E-state index >= 15 is 0 Å². The summed E-state index contributed by atoms with van der Waals surface area (Å²) in [5.41, 5.74) is 1.88. The third-order valence-electron chi connectivity index (χ3n) is 2.71. The molecule has 0 aromatic carbocycles. The van der Waals surface area contributed by atoms with E-state index in [9.17, 15) is 4.79 Å². The van der Waals surface area contributed by atoms with E-state index in [2.05, 4.69) is 25.7 Å². The molecule has 0 spiro atoms. The Morgan fingerprint density at radius 1 is 1.31 bits per heavy atom. The second-order valence-corrected chi connectivity index (χ2v) is 3.60. The third kappa shape index (κ3) is 1.21. The van der Waals surface area contributed by atoms with E-state index in [0.29, 0.717) is 5.57 Å². The van der Waals surface area contributed by atoms with Gasteiger partial charge in [0, 0.05) is 11.5 Å². The second-order valence-electron chi connectivity index (χ2n) is 3.60. The van der Waals surface area contributed by atoms with Crippen LogP contribution in [-0.4, -0.2) is 5.78 Å². The Bertz CT molecular complexity index is 355. The Morgan fingerprint density at radius 3 is 2.85 bits per heavy atom. The lowest BCUT2D eigenvalue weighted by molar-refractivity contribution is -0.118. The van der Waals surface area contributed by atoms with Crippen LogP contribution in [0.3, 0.4) is 0 Å². The molecule has 0 fully saturated rings. The largest absolute Gasteiger partial charge is 0.294 e. The predicted octanol–water partition coefficient (Wildman–Crippen LogP) is 2.43. The summed E-state index contributed by atoms with van der Waals surface area (Å²) in [5.74, 6) is 0.432. The number of fused-ring (bicyclic) bond motifs is 1. The number of ketones is 1. The van der Waals surface area contributed by atoms with E-state index < -0.39 is 0 Å². The molecule has 0 saturated carbocycles. The fourth-order valence-electron chi connectivity index (χ4n) is 1.88. The molecule has 0 bridgehead atoms. The van der Waals surface area contributed by atoms with Crippen LogP contribution in [0.2, 0.25) is 0 Å². The van der Waals surface area contributed by atoms with Gasteiger partial charge in [-0.05, 0) is 6.92 Å². The minimum Gasteiger partial charge on any atom is -0.294 e. The van der Waals surface area contributed by atoms with Gasteiger partial charge in [0.25, 0.3) is 0 Å². The lowest BCUT2D eigenvalue weighted by Crippen LogP contribution is -2.27. The number of Topliss-reactive ketones (excluding diaryl/α,β-unsaturated/α-hetero) is 1. The molecule has 0 aromatic heterocycles. The number of carbonyl (C=O) groups excluding carboxylic acids is 1. The quantitative estimate of drug-likeness (QED) is 0.513. The van der Waals surface area contributed by atoms with Crippen molar-refractivity contribution >= 4 is 5.78 Å². The van der Waals surface area contributed by atoms with Gasteiger partial charge in [0.2, 0.25) is 0 Å². The summed E-state index contributed by atoms with van der Waals surface area (Å²) in [6, 6.07) is 0. The van der Waals surface area contributed by atoms with Gasteiger partial charge in [0.1, 0.15) is 0 Å². The van der Waals surface area contributed by atoms with E-state index in [1.807, 2.05) is 18.2 Å². The maximum absolute atomic E-state index is 11.7. The van der Waals surface area contributed by atoms with E-state index in [0.717, 1.165) is 0 Å². The Balaban J connectivity index is 2.43. The Hall–Kier alpha value is -1.37. The maximum Gasteiger partial charge on any atom is 0.170 e. The Kier molecular flexibility index (Phi) is 1.80. The van der Waals surface area contributed by atoms with Crippen LogP contribution in [0.15, 0.2) is 48.1 Å². The lowest BCUT2D eigenvalue weighted by atomic mass is 9.75. The molecule has 0 heterocycles. The van der Waals surface area contributed by atoms with Gasteiger partial charge in [0.05, 0.1) is 5.92 Å². The van der Waals surface area contributed by atoms with Crippen molar-refractivity contribution in [3.63, 3.8) is 0 Å². The van der Waals surface area contributed by atoms with Gasteiger partial charge in [-0.1, -0.05) is 42.5 Å². The van der Waals surface area contributed by atoms with Gasteiger partial charge in [-0.25, -0.2) is 0 Å². The van der Waals surface area contributed by atoms with Crippen molar-refractivity contribution in [1.82, 2.24) is 0 Å². The molecule has 2 aliphatic carbocycles. The normalized spacial score (nSPS) is 31.6. The number of hydrogen-bond donors (Lipinski definition) is 0. The summed E-state index contributed by atoms with van der Waals surface area (Å²) < 4.78 is 0. The van der Waals surface area contributed by atoms with Crippen molar-refractivity contribution in [1.29, 1.82) is 0 Å². The molecule has 0 radical (unpaired) electrons. The van der Waals surface area contributed by atoms with Crippen LogP contribution in [0.4, 0.5) is 0 Å². The first-order valence-electron chi connectivity index (χ1n) is 4.46. The predicted molar refractivity (Wildman–Crippen MR) is 53.2 cm³/mol. The SMILES string of the molecule is C=C1C=CC2C(C)=CC=CC2C1=O. The lowest BCUT2D eigenvalue weighted by Gasteiger charge is -2.27. The molecular weight excluding hydrogens is 160 g/mol. The highest BCUT2D eigenvalue weighted by atomic mass is 16.1. The van der Waals surface area contributed by atoms with Crippen LogP contribution in [-0.2, 0) is 4.79 Å². The molecule has 2 rings (SSSR count). The van der Waals surface area contributed by atoms with Crippen molar-refractivity contribution < 1.29 is 4.79 Å². The first-order chi connectivity index (χ1) is 6.20. The highest BCUT2D eigenvalue weighted by Crippen LogP contribution is 2.33. The van der Waals surface area contributed by atoms with Crippen molar-refractivity contribution in [2.75, 3.05) is 0 Å². The van der Waals surface area contributed by atoms with Crippen LogP contribution in [0, 0.1) is 11.8 Å². The van der Waals surface area contributed by atoms with Gasteiger partial charge in [-0.3, -0.25) is 4.79 Å². The average molecular weight is 172 g/mol. The van der Waals surface area contributed by atoms with Crippen LogP contribution >= 0.6 is 0 Å². The Morgan fingerprint density at radius 2 is 2.08 bits per heavy atom. The zero-order valence-corrected chi connectivity index (χ0v) is 7.66. The number of hydrogen-bond acceptors (Lipinski definition) is 1. The molecule has 0 amide bonds. The average Bonchev–Trinajstić information content (AvgIpc) is 2.12. The van der Waals surface area contributed by atoms with Crippen LogP contribution < -0.4 is 0 Å². The summed E-state index contributed by atoms with van der Waals surface area (Å²) in [4.78, 5) is 11.7. The minimum atomic E-state index is 0.00231. The van der Waals surface area contributed by atoms with Crippen LogP contribution in [0.25, 0.3) is 0 Å². The fourth-order valence-corrected chi connectivity index (χ4v) is 1.88. The summed E-state index contributed by atoms with van der Waals surface area (Å²) in [5, 5.41) is 0. The number of allylic oxidation sites excluding steroid dienone is 7. The molecule has 0 aromatic rings. The molecule has 13 heavy (non-hydrogen) atoms. The van der Waals surface area contributed by atoms with E-state index in [-0.39, 0.29) is 17.6 Å². The molecule has 1 nitrogen and oxygen atoms in total. The number of rotatable bonds is 0. The van der Waals surface area contributed by atoms with Crippen LogP contribution in [0.1, 0.15) is 6.92 Å². The highest BCUT2D eigenvalue weighted by molar-refractivity contribution is 6.02.